The Labute approximate surface area is 108 Å². The maximum atomic E-state index is 11.9. The summed E-state index contributed by atoms with van der Waals surface area (Å²) in [5.41, 5.74) is 6.75. The van der Waals surface area contributed by atoms with Gasteiger partial charge in [0.05, 0.1) is 17.6 Å². The third-order valence-corrected chi connectivity index (χ3v) is 3.98. The van der Waals surface area contributed by atoms with E-state index in [1.807, 2.05) is 0 Å². The van der Waals surface area contributed by atoms with Gasteiger partial charge in [0.25, 0.3) is 5.56 Å². The first-order valence-corrected chi connectivity index (χ1v) is 6.47. The lowest BCUT2D eigenvalue weighted by atomic mass is 10.2. The molecule has 5 N–H and O–H groups in total. The van der Waals surface area contributed by atoms with Crippen LogP contribution in [-0.2, 0) is 11.3 Å². The zero-order valence-corrected chi connectivity index (χ0v) is 10.3. The van der Waals surface area contributed by atoms with Gasteiger partial charge >= 0.3 is 0 Å². The average Bonchev–Trinajstić information content (AvgIpc) is 2.86. The molecule has 0 bridgehead atoms. The molecule has 0 amide bonds. The molecule has 1 saturated carbocycles. The molecule has 100 valence electrons. The van der Waals surface area contributed by atoms with Gasteiger partial charge in [-0.2, -0.15) is 4.98 Å². The molecule has 7 heteroatoms. The first kappa shape index (κ1) is 11.0. The summed E-state index contributed by atoms with van der Waals surface area (Å²) in [6, 6.07) is 0.399. The average molecular weight is 261 g/mol. The van der Waals surface area contributed by atoms with Crippen LogP contribution in [0.3, 0.4) is 0 Å². The van der Waals surface area contributed by atoms with Crippen LogP contribution in [0.15, 0.2) is 11.0 Å². The van der Waals surface area contributed by atoms with Gasteiger partial charge in [0.15, 0.2) is 0 Å². The molecule has 1 aliphatic heterocycles. The van der Waals surface area contributed by atoms with Crippen LogP contribution in [0.5, 0.6) is 0 Å². The molecule has 1 aliphatic carbocycles. The van der Waals surface area contributed by atoms with E-state index in [1.54, 1.807) is 6.20 Å². The molecule has 3 heterocycles. The van der Waals surface area contributed by atoms with E-state index in [1.165, 1.54) is 0 Å². The van der Waals surface area contributed by atoms with Crippen molar-refractivity contribution < 1.29 is 4.74 Å². The zero-order valence-electron chi connectivity index (χ0n) is 10.3. The van der Waals surface area contributed by atoms with E-state index in [4.69, 9.17) is 10.5 Å². The summed E-state index contributed by atoms with van der Waals surface area (Å²) in [4.78, 5) is 21.5. The monoisotopic (exact) mass is 261 g/mol. The molecule has 2 fully saturated rings. The number of nitrogens with two attached hydrogens (primary N) is 1. The van der Waals surface area contributed by atoms with Gasteiger partial charge in [-0.05, 0) is 18.4 Å². The lowest BCUT2D eigenvalue weighted by Gasteiger charge is -2.12. The van der Waals surface area contributed by atoms with E-state index in [-0.39, 0.29) is 11.5 Å². The Morgan fingerprint density at radius 1 is 1.53 bits per heavy atom. The second-order valence-electron chi connectivity index (χ2n) is 5.19. The highest BCUT2D eigenvalue weighted by molar-refractivity contribution is 5.79. The molecule has 0 radical (unpaired) electrons. The van der Waals surface area contributed by atoms with Crippen molar-refractivity contribution in [2.75, 3.05) is 5.73 Å². The lowest BCUT2D eigenvalue weighted by molar-refractivity contribution is 0.278. The van der Waals surface area contributed by atoms with Crippen LogP contribution in [0.2, 0.25) is 0 Å². The standard InChI is InChI=1S/C12H15N5O2/c13-12-16-10-8(11(18)17-12)5(4-15-10)3-14-6-1-2-7-9(6)19-7/h4,6-7,9,14H,1-3H2,(H4,13,15,16,17,18). The van der Waals surface area contributed by atoms with Gasteiger partial charge in [0.2, 0.25) is 5.95 Å². The van der Waals surface area contributed by atoms with Crippen LogP contribution in [0.4, 0.5) is 5.95 Å². The Balaban J connectivity index is 1.59. The van der Waals surface area contributed by atoms with Crippen LogP contribution in [0.1, 0.15) is 18.4 Å². The molecule has 2 aliphatic rings. The molecule has 19 heavy (non-hydrogen) atoms. The predicted octanol–water partition coefficient (Wildman–Crippen LogP) is -0.147. The van der Waals surface area contributed by atoms with E-state index in [9.17, 15) is 4.79 Å². The van der Waals surface area contributed by atoms with Gasteiger partial charge in [0, 0.05) is 18.8 Å². The number of hydrogen-bond donors (Lipinski definition) is 4. The molecular weight excluding hydrogens is 246 g/mol. The molecule has 7 nitrogen and oxygen atoms in total. The number of rotatable bonds is 3. The Morgan fingerprint density at radius 3 is 3.16 bits per heavy atom. The molecular formula is C12H15N5O2. The second kappa shape index (κ2) is 3.82. The third kappa shape index (κ3) is 1.73. The normalized spacial score (nSPS) is 28.7. The van der Waals surface area contributed by atoms with E-state index in [0.29, 0.717) is 35.8 Å². The predicted molar refractivity (Wildman–Crippen MR) is 69.6 cm³/mol. The Morgan fingerprint density at radius 2 is 2.42 bits per heavy atom. The quantitative estimate of drug-likeness (QED) is 0.574. The van der Waals surface area contributed by atoms with Crippen LogP contribution < -0.4 is 16.6 Å². The molecule has 1 saturated heterocycles. The minimum Gasteiger partial charge on any atom is -0.369 e. The van der Waals surface area contributed by atoms with Crippen molar-refractivity contribution in [3.63, 3.8) is 0 Å². The first-order valence-electron chi connectivity index (χ1n) is 6.47. The number of aromatic amines is 2. The van der Waals surface area contributed by atoms with Gasteiger partial charge in [-0.25, -0.2) is 0 Å². The molecule has 2 aromatic rings. The largest absolute Gasteiger partial charge is 0.369 e. The Bertz CT molecular complexity index is 691. The fraction of sp³-hybridized carbons (Fsp3) is 0.500. The van der Waals surface area contributed by atoms with Crippen molar-refractivity contribution in [3.8, 4) is 0 Å². The van der Waals surface area contributed by atoms with Crippen LogP contribution in [0, 0.1) is 0 Å². The topological polar surface area (TPSA) is 112 Å². The molecule has 3 unspecified atom stereocenters. The minimum absolute atomic E-state index is 0.129. The number of ether oxygens (including phenoxy) is 1. The highest BCUT2D eigenvalue weighted by Gasteiger charge is 2.49. The fourth-order valence-corrected chi connectivity index (χ4v) is 2.97. The van der Waals surface area contributed by atoms with Crippen molar-refractivity contribution in [2.45, 2.75) is 37.6 Å². The van der Waals surface area contributed by atoms with Gasteiger partial charge in [0.1, 0.15) is 5.65 Å². The Kier molecular flexibility index (Phi) is 2.21. The molecule has 0 spiro atoms. The molecule has 2 aromatic heterocycles. The van der Waals surface area contributed by atoms with E-state index < -0.39 is 0 Å². The summed E-state index contributed by atoms with van der Waals surface area (Å²) in [6.45, 7) is 0.631. The maximum Gasteiger partial charge on any atom is 0.262 e. The SMILES string of the molecule is Nc1nc2[nH]cc(CNC3CCC4OC34)c2c(=O)[nH]1. The number of fused-ring (bicyclic) bond motifs is 2. The summed E-state index contributed by atoms with van der Waals surface area (Å²) >= 11 is 0. The highest BCUT2D eigenvalue weighted by Crippen LogP contribution is 2.38. The van der Waals surface area contributed by atoms with E-state index >= 15 is 0 Å². The zero-order chi connectivity index (χ0) is 13.0. The number of nitrogens with zero attached hydrogens (tertiary/aromatic N) is 1. The van der Waals surface area contributed by atoms with Crippen molar-refractivity contribution in [2.24, 2.45) is 0 Å². The van der Waals surface area contributed by atoms with Crippen molar-refractivity contribution in [1.82, 2.24) is 20.3 Å². The molecule has 0 aromatic carbocycles. The second-order valence-corrected chi connectivity index (χ2v) is 5.19. The van der Waals surface area contributed by atoms with Gasteiger partial charge in [-0.3, -0.25) is 9.78 Å². The first-order chi connectivity index (χ1) is 9.22. The smallest absolute Gasteiger partial charge is 0.262 e. The summed E-state index contributed by atoms with van der Waals surface area (Å²) < 4.78 is 5.50. The molecule has 3 atom stereocenters. The van der Waals surface area contributed by atoms with Crippen molar-refractivity contribution in [1.29, 1.82) is 0 Å². The fourth-order valence-electron chi connectivity index (χ4n) is 2.97. The van der Waals surface area contributed by atoms with E-state index in [0.717, 1.165) is 18.4 Å². The highest BCUT2D eigenvalue weighted by atomic mass is 16.6. The lowest BCUT2D eigenvalue weighted by Crippen LogP contribution is -2.31. The number of hydrogen-bond acceptors (Lipinski definition) is 5. The minimum atomic E-state index is -0.201. The van der Waals surface area contributed by atoms with Gasteiger partial charge < -0.3 is 20.8 Å². The molecule has 4 rings (SSSR count). The number of epoxide rings is 1. The third-order valence-electron chi connectivity index (χ3n) is 3.98. The van der Waals surface area contributed by atoms with Crippen molar-refractivity contribution >= 4 is 17.0 Å². The van der Waals surface area contributed by atoms with Crippen LogP contribution in [0.25, 0.3) is 11.0 Å². The van der Waals surface area contributed by atoms with Gasteiger partial charge in [-0.1, -0.05) is 0 Å². The van der Waals surface area contributed by atoms with Crippen LogP contribution in [-0.4, -0.2) is 33.2 Å². The maximum absolute atomic E-state index is 11.9. The summed E-state index contributed by atoms with van der Waals surface area (Å²) in [5, 5.41) is 4.03. The number of aromatic nitrogens is 3. The number of nitrogens with one attached hydrogen (secondary N) is 3. The van der Waals surface area contributed by atoms with Crippen molar-refractivity contribution in [3.05, 3.63) is 22.1 Å². The summed E-state index contributed by atoms with van der Waals surface area (Å²) in [6.07, 6.45) is 4.91. The van der Waals surface area contributed by atoms with E-state index in [2.05, 4.69) is 20.3 Å². The van der Waals surface area contributed by atoms with Crippen LogP contribution >= 0.6 is 0 Å². The van der Waals surface area contributed by atoms with Gasteiger partial charge in [-0.15, -0.1) is 0 Å². The number of anilines is 1. The number of H-pyrrole nitrogens is 2. The Hall–Kier alpha value is -1.86. The number of nitrogen functional groups attached to an aromatic ring is 1. The summed E-state index contributed by atoms with van der Waals surface area (Å²) in [7, 11) is 0. The summed E-state index contributed by atoms with van der Waals surface area (Å²) in [5.74, 6) is 0.129.